The Hall–Kier alpha value is -4.16. The zero-order chi connectivity index (χ0) is 27.7. The first-order valence-corrected chi connectivity index (χ1v) is 13.1. The van der Waals surface area contributed by atoms with Gasteiger partial charge in [0.25, 0.3) is 11.4 Å². The maximum absolute atomic E-state index is 15.2. The zero-order valence-electron chi connectivity index (χ0n) is 22.2. The number of anilines is 1. The highest BCUT2D eigenvalue weighted by Crippen LogP contribution is 2.37. The summed E-state index contributed by atoms with van der Waals surface area (Å²) in [4.78, 5) is 30.0. The normalized spacial score (nSPS) is 18.7. The fraction of sp³-hybridized carbons (Fsp3) is 0.333. The molecule has 1 fully saturated rings. The molecule has 3 aromatic heterocycles. The minimum Gasteiger partial charge on any atom is -0.362 e. The van der Waals surface area contributed by atoms with Crippen LogP contribution in [0.2, 0.25) is 0 Å². The van der Waals surface area contributed by atoms with Gasteiger partial charge in [0.15, 0.2) is 0 Å². The molecular formula is C30H30F2N6O. The van der Waals surface area contributed by atoms with Gasteiger partial charge in [-0.05, 0) is 54.8 Å². The first-order valence-electron chi connectivity index (χ1n) is 13.1. The van der Waals surface area contributed by atoms with Gasteiger partial charge in [0.2, 0.25) is 5.52 Å². The van der Waals surface area contributed by atoms with Crippen LogP contribution in [0.3, 0.4) is 0 Å². The van der Waals surface area contributed by atoms with Crippen LogP contribution in [0.1, 0.15) is 44.0 Å². The number of halogens is 2. The predicted octanol–water partition coefficient (Wildman–Crippen LogP) is 5.63. The number of hydrogen-bond acceptors (Lipinski definition) is 5. The molecule has 1 aliphatic heterocycles. The standard InChI is InChI=1S/C30H30F2N6O/c1-5-21-18-38(30(19-9-11-20(31)12-10-19)28-23(32)8-7-15-34-28)22(6-2)17-37(21)25-16-27(39)36(4)24-13-14-26(33-3)35-29(24)25/h7-16,21-22,30H,5-6,17-18H2,1-2,4H3/t21-,22+,30?/m0/s1. The van der Waals surface area contributed by atoms with Crippen molar-refractivity contribution in [2.24, 2.45) is 7.05 Å². The van der Waals surface area contributed by atoms with Crippen LogP contribution in [-0.2, 0) is 7.05 Å². The summed E-state index contributed by atoms with van der Waals surface area (Å²) >= 11 is 0. The molecule has 0 saturated carbocycles. The van der Waals surface area contributed by atoms with Crippen LogP contribution in [0, 0.1) is 18.2 Å². The molecule has 1 unspecified atom stereocenters. The smallest absolute Gasteiger partial charge is 0.270 e. The lowest BCUT2D eigenvalue weighted by molar-refractivity contribution is 0.107. The Morgan fingerprint density at radius 1 is 1.05 bits per heavy atom. The molecule has 4 heterocycles. The lowest BCUT2D eigenvalue weighted by Gasteiger charge is -2.49. The van der Waals surface area contributed by atoms with Crippen LogP contribution < -0.4 is 10.5 Å². The Morgan fingerprint density at radius 2 is 1.79 bits per heavy atom. The van der Waals surface area contributed by atoms with Crippen LogP contribution in [0.25, 0.3) is 15.9 Å². The molecule has 39 heavy (non-hydrogen) atoms. The fourth-order valence-corrected chi connectivity index (χ4v) is 5.63. The van der Waals surface area contributed by atoms with Crippen LogP contribution in [-0.4, -0.2) is 44.6 Å². The molecule has 0 radical (unpaired) electrons. The number of benzene rings is 1. The first kappa shape index (κ1) is 26.4. The van der Waals surface area contributed by atoms with Crippen LogP contribution >= 0.6 is 0 Å². The van der Waals surface area contributed by atoms with Crippen molar-refractivity contribution in [1.82, 2.24) is 19.4 Å². The second-order valence-electron chi connectivity index (χ2n) is 9.87. The Morgan fingerprint density at radius 3 is 2.46 bits per heavy atom. The molecule has 7 nitrogen and oxygen atoms in total. The van der Waals surface area contributed by atoms with Crippen molar-refractivity contribution in [3.63, 3.8) is 0 Å². The zero-order valence-corrected chi connectivity index (χ0v) is 22.2. The number of piperazine rings is 1. The Bertz CT molecular complexity index is 1600. The van der Waals surface area contributed by atoms with Crippen molar-refractivity contribution >= 4 is 22.5 Å². The van der Waals surface area contributed by atoms with E-state index in [1.165, 1.54) is 18.2 Å². The maximum atomic E-state index is 15.2. The molecule has 1 aliphatic rings. The quantitative estimate of drug-likeness (QED) is 0.304. The molecule has 0 aliphatic carbocycles. The van der Waals surface area contributed by atoms with Crippen molar-refractivity contribution in [3.8, 4) is 0 Å². The van der Waals surface area contributed by atoms with Gasteiger partial charge in [-0.25, -0.2) is 8.78 Å². The van der Waals surface area contributed by atoms with Gasteiger partial charge in [-0.1, -0.05) is 32.6 Å². The minimum atomic E-state index is -0.514. The van der Waals surface area contributed by atoms with E-state index in [0.717, 1.165) is 18.4 Å². The number of nitrogens with zero attached hydrogens (tertiary/aromatic N) is 6. The van der Waals surface area contributed by atoms with E-state index < -0.39 is 11.9 Å². The number of fused-ring (bicyclic) bond motifs is 1. The van der Waals surface area contributed by atoms with Crippen molar-refractivity contribution in [2.45, 2.75) is 44.8 Å². The molecule has 1 saturated heterocycles. The first-order chi connectivity index (χ1) is 18.9. The highest BCUT2D eigenvalue weighted by molar-refractivity contribution is 5.89. The van der Waals surface area contributed by atoms with E-state index in [2.05, 4.69) is 38.5 Å². The lowest BCUT2D eigenvalue weighted by Crippen LogP contribution is -2.59. The number of aromatic nitrogens is 3. The molecule has 4 aromatic rings. The maximum Gasteiger partial charge on any atom is 0.270 e. The van der Waals surface area contributed by atoms with E-state index in [4.69, 9.17) is 6.57 Å². The van der Waals surface area contributed by atoms with E-state index >= 15 is 4.39 Å². The average molecular weight is 529 g/mol. The van der Waals surface area contributed by atoms with Gasteiger partial charge < -0.3 is 14.3 Å². The molecule has 3 atom stereocenters. The summed E-state index contributed by atoms with van der Waals surface area (Å²) in [5.74, 6) is -0.500. The third-order valence-corrected chi connectivity index (χ3v) is 7.72. The molecule has 0 N–H and O–H groups in total. The summed E-state index contributed by atoms with van der Waals surface area (Å²) in [6, 6.07) is 13.6. The van der Waals surface area contributed by atoms with Crippen LogP contribution in [0.4, 0.5) is 20.3 Å². The van der Waals surface area contributed by atoms with Gasteiger partial charge in [0, 0.05) is 44.5 Å². The second kappa shape index (κ2) is 10.9. The molecule has 0 spiro atoms. The van der Waals surface area contributed by atoms with Gasteiger partial charge in [0.05, 0.1) is 22.9 Å². The number of aryl methyl sites for hydroxylation is 1. The third kappa shape index (κ3) is 4.88. The molecule has 0 amide bonds. The van der Waals surface area contributed by atoms with E-state index in [1.54, 1.807) is 54.2 Å². The summed E-state index contributed by atoms with van der Waals surface area (Å²) < 4.78 is 30.6. The highest BCUT2D eigenvalue weighted by Gasteiger charge is 2.39. The second-order valence-corrected chi connectivity index (χ2v) is 9.87. The highest BCUT2D eigenvalue weighted by atomic mass is 19.1. The monoisotopic (exact) mass is 528 g/mol. The van der Waals surface area contributed by atoms with Gasteiger partial charge in [-0.3, -0.25) is 14.7 Å². The van der Waals surface area contributed by atoms with E-state index in [-0.39, 0.29) is 29.3 Å². The molecule has 9 heteroatoms. The largest absolute Gasteiger partial charge is 0.362 e. The molecule has 5 rings (SSSR count). The summed E-state index contributed by atoms with van der Waals surface area (Å²) in [6.07, 6.45) is 3.09. The van der Waals surface area contributed by atoms with Gasteiger partial charge >= 0.3 is 0 Å². The minimum absolute atomic E-state index is 0.0313. The Labute approximate surface area is 226 Å². The van der Waals surface area contributed by atoms with E-state index in [1.807, 2.05) is 0 Å². The SMILES string of the molecule is [C-]#[N+]c1ccc2c(n1)c(N1C[C@@H](CC)N(C(c3ccc(F)cc3)c3ncccc3F)C[C@@H]1CC)cc(=O)n2C. The molecule has 0 bridgehead atoms. The van der Waals surface area contributed by atoms with Crippen molar-refractivity contribution in [1.29, 1.82) is 0 Å². The summed E-state index contributed by atoms with van der Waals surface area (Å²) in [6.45, 7) is 12.7. The molecule has 1 aromatic carbocycles. The number of pyridine rings is 3. The fourth-order valence-electron chi connectivity index (χ4n) is 5.63. The lowest BCUT2D eigenvalue weighted by atomic mass is 9.93. The number of hydrogen-bond donors (Lipinski definition) is 0. The molecular weight excluding hydrogens is 498 g/mol. The van der Waals surface area contributed by atoms with Gasteiger partial charge in [0.1, 0.15) is 11.6 Å². The van der Waals surface area contributed by atoms with Crippen molar-refractivity contribution < 1.29 is 8.78 Å². The van der Waals surface area contributed by atoms with Crippen LogP contribution in [0.15, 0.2) is 65.6 Å². The Balaban J connectivity index is 1.62. The topological polar surface area (TPSA) is 58.6 Å². The molecule has 200 valence electrons. The van der Waals surface area contributed by atoms with E-state index in [9.17, 15) is 9.18 Å². The van der Waals surface area contributed by atoms with Crippen LogP contribution in [0.5, 0.6) is 0 Å². The van der Waals surface area contributed by atoms with Gasteiger partial charge in [-0.15, -0.1) is 4.98 Å². The summed E-state index contributed by atoms with van der Waals surface area (Å²) in [7, 11) is 1.70. The van der Waals surface area contributed by atoms with Crippen molar-refractivity contribution in [3.05, 3.63) is 105 Å². The number of rotatable bonds is 6. The third-order valence-electron chi connectivity index (χ3n) is 7.72. The summed E-state index contributed by atoms with van der Waals surface area (Å²) in [5.41, 5.74) is 2.88. The average Bonchev–Trinajstić information content (AvgIpc) is 2.96. The summed E-state index contributed by atoms with van der Waals surface area (Å²) in [5, 5.41) is 0. The van der Waals surface area contributed by atoms with Gasteiger partial charge in [-0.2, -0.15) is 0 Å². The predicted molar refractivity (Wildman–Crippen MR) is 148 cm³/mol. The van der Waals surface area contributed by atoms with Crippen molar-refractivity contribution in [2.75, 3.05) is 18.0 Å². The Kier molecular flexibility index (Phi) is 7.40. The van der Waals surface area contributed by atoms with E-state index in [0.29, 0.717) is 35.5 Å².